The summed E-state index contributed by atoms with van der Waals surface area (Å²) < 4.78 is 12.1. The van der Waals surface area contributed by atoms with Crippen LogP contribution in [0.3, 0.4) is 0 Å². The van der Waals surface area contributed by atoms with Gasteiger partial charge in [-0.05, 0) is 24.6 Å². The minimum Gasteiger partial charge on any atom is -0.411 e. The number of aliphatic hydroxyl groups excluding tert-OH is 1. The fourth-order valence-corrected chi connectivity index (χ4v) is 3.59. The van der Waals surface area contributed by atoms with Crippen LogP contribution in [0.25, 0.3) is 0 Å². The highest BCUT2D eigenvalue weighted by molar-refractivity contribution is 6.74. The van der Waals surface area contributed by atoms with Crippen molar-refractivity contribution in [2.75, 3.05) is 13.2 Å². The molecule has 0 aromatic rings. The lowest BCUT2D eigenvalue weighted by molar-refractivity contribution is 0.0376. The standard InChI is InChI=1S/C16H34O3Si/c1-7-8-9-10-11-14(16(12-17)13-18-16)19-20(5,6)15(2,3)4/h14,17H,7-13H2,1-6H3/t14-,16-/m1/s1. The first-order valence-electron chi connectivity index (χ1n) is 8.11. The van der Waals surface area contributed by atoms with Gasteiger partial charge in [-0.25, -0.2) is 0 Å². The predicted octanol–water partition coefficient (Wildman–Crippen LogP) is 4.11. The minimum atomic E-state index is -1.81. The summed E-state index contributed by atoms with van der Waals surface area (Å²) in [5.41, 5.74) is -0.401. The molecule has 0 aromatic heterocycles. The Kier molecular flexibility index (Phi) is 6.26. The van der Waals surface area contributed by atoms with Gasteiger partial charge in [0, 0.05) is 0 Å². The Balaban J connectivity index is 2.64. The van der Waals surface area contributed by atoms with Crippen LogP contribution in [0.4, 0.5) is 0 Å². The van der Waals surface area contributed by atoms with Crippen molar-refractivity contribution in [2.45, 2.75) is 89.6 Å². The Labute approximate surface area is 126 Å². The largest absolute Gasteiger partial charge is 0.411 e. The van der Waals surface area contributed by atoms with Crippen molar-refractivity contribution in [3.05, 3.63) is 0 Å². The topological polar surface area (TPSA) is 42.0 Å². The predicted molar refractivity (Wildman–Crippen MR) is 86.6 cm³/mol. The summed E-state index contributed by atoms with van der Waals surface area (Å²) >= 11 is 0. The maximum Gasteiger partial charge on any atom is 0.192 e. The van der Waals surface area contributed by atoms with Gasteiger partial charge < -0.3 is 14.3 Å². The van der Waals surface area contributed by atoms with E-state index in [0.717, 1.165) is 12.8 Å². The number of unbranched alkanes of at least 4 members (excludes halogenated alkanes) is 3. The maximum absolute atomic E-state index is 9.64. The second kappa shape index (κ2) is 6.90. The number of aliphatic hydroxyl groups is 1. The molecule has 1 N–H and O–H groups in total. The van der Waals surface area contributed by atoms with Crippen molar-refractivity contribution in [1.29, 1.82) is 0 Å². The summed E-state index contributed by atoms with van der Waals surface area (Å²) in [5, 5.41) is 9.83. The van der Waals surface area contributed by atoms with Crippen molar-refractivity contribution in [3.8, 4) is 0 Å². The third-order valence-corrected chi connectivity index (χ3v) is 9.42. The normalized spacial score (nSPS) is 24.8. The molecule has 120 valence electrons. The molecule has 0 radical (unpaired) electrons. The van der Waals surface area contributed by atoms with Crippen LogP contribution in [0, 0.1) is 0 Å². The highest BCUT2D eigenvalue weighted by Crippen LogP contribution is 2.42. The van der Waals surface area contributed by atoms with Crippen LogP contribution in [0.1, 0.15) is 59.8 Å². The van der Waals surface area contributed by atoms with Crippen LogP contribution in [0.2, 0.25) is 18.1 Å². The van der Waals surface area contributed by atoms with E-state index in [1.165, 1.54) is 19.3 Å². The summed E-state index contributed by atoms with van der Waals surface area (Å²) in [4.78, 5) is 0. The molecule has 0 amide bonds. The Hall–Kier alpha value is 0.0969. The number of ether oxygens (including phenoxy) is 1. The molecule has 4 heteroatoms. The van der Waals surface area contributed by atoms with E-state index in [9.17, 15) is 5.11 Å². The first kappa shape index (κ1) is 18.1. The second-order valence-corrected chi connectivity index (χ2v) is 12.5. The van der Waals surface area contributed by atoms with Crippen LogP contribution in [-0.2, 0) is 9.16 Å². The van der Waals surface area contributed by atoms with Crippen LogP contribution in [0.5, 0.6) is 0 Å². The monoisotopic (exact) mass is 302 g/mol. The SMILES string of the molecule is CCCCCC[C@@H](O[Si](C)(C)C(C)(C)C)[C@@]1(CO)CO1. The smallest absolute Gasteiger partial charge is 0.192 e. The van der Waals surface area contributed by atoms with E-state index in [1.807, 2.05) is 0 Å². The fourth-order valence-electron chi connectivity index (χ4n) is 2.19. The van der Waals surface area contributed by atoms with Gasteiger partial charge in [0.15, 0.2) is 8.32 Å². The molecule has 1 rings (SSSR count). The van der Waals surface area contributed by atoms with E-state index in [1.54, 1.807) is 0 Å². The molecule has 1 aliphatic rings. The van der Waals surface area contributed by atoms with Gasteiger partial charge in [-0.1, -0.05) is 53.4 Å². The van der Waals surface area contributed by atoms with E-state index in [2.05, 4.69) is 40.8 Å². The first-order valence-corrected chi connectivity index (χ1v) is 11.0. The Morgan fingerprint density at radius 3 is 2.25 bits per heavy atom. The Morgan fingerprint density at radius 1 is 1.25 bits per heavy atom. The van der Waals surface area contributed by atoms with E-state index >= 15 is 0 Å². The first-order chi connectivity index (χ1) is 9.18. The van der Waals surface area contributed by atoms with Crippen LogP contribution in [-0.4, -0.2) is 38.3 Å². The number of hydrogen-bond donors (Lipinski definition) is 1. The molecule has 0 spiro atoms. The summed E-state index contributed by atoms with van der Waals surface area (Å²) in [6, 6.07) is 0. The second-order valence-electron chi connectivity index (χ2n) is 7.73. The summed E-state index contributed by atoms with van der Waals surface area (Å²) in [6.45, 7) is 14.3. The summed E-state index contributed by atoms with van der Waals surface area (Å²) in [6.07, 6.45) is 6.00. The molecule has 0 saturated carbocycles. The molecule has 2 atom stereocenters. The molecule has 3 nitrogen and oxygen atoms in total. The van der Waals surface area contributed by atoms with Gasteiger partial charge in [-0.2, -0.15) is 0 Å². The maximum atomic E-state index is 9.64. The highest BCUT2D eigenvalue weighted by atomic mass is 28.4. The van der Waals surface area contributed by atoms with E-state index in [4.69, 9.17) is 9.16 Å². The molecule has 0 unspecified atom stereocenters. The number of epoxide rings is 1. The lowest BCUT2D eigenvalue weighted by Crippen LogP contribution is -2.49. The van der Waals surface area contributed by atoms with Crippen molar-refractivity contribution in [1.82, 2.24) is 0 Å². The molecular formula is C16H34O3Si. The Bertz CT molecular complexity index is 293. The zero-order valence-corrected chi connectivity index (χ0v) is 15.3. The van der Waals surface area contributed by atoms with Gasteiger partial charge in [0.25, 0.3) is 0 Å². The van der Waals surface area contributed by atoms with Crippen LogP contribution >= 0.6 is 0 Å². The number of hydrogen-bond acceptors (Lipinski definition) is 3. The van der Waals surface area contributed by atoms with Gasteiger partial charge in [0.2, 0.25) is 0 Å². The molecule has 1 fully saturated rings. The molecule has 0 aromatic carbocycles. The molecule has 0 aliphatic carbocycles. The average Bonchev–Trinajstić information content (AvgIpc) is 3.12. The molecule has 1 heterocycles. The fraction of sp³-hybridized carbons (Fsp3) is 1.00. The van der Waals surface area contributed by atoms with E-state index < -0.39 is 13.9 Å². The molecule has 0 bridgehead atoms. The summed E-state index contributed by atoms with van der Waals surface area (Å²) in [7, 11) is -1.81. The average molecular weight is 303 g/mol. The van der Waals surface area contributed by atoms with Crippen molar-refractivity contribution in [2.24, 2.45) is 0 Å². The van der Waals surface area contributed by atoms with E-state index in [-0.39, 0.29) is 17.7 Å². The van der Waals surface area contributed by atoms with Crippen LogP contribution < -0.4 is 0 Å². The Morgan fingerprint density at radius 2 is 1.85 bits per heavy atom. The minimum absolute atomic E-state index is 0.0604. The summed E-state index contributed by atoms with van der Waals surface area (Å²) in [5.74, 6) is 0. The highest BCUT2D eigenvalue weighted by Gasteiger charge is 2.54. The van der Waals surface area contributed by atoms with Gasteiger partial charge in [-0.3, -0.25) is 0 Å². The quantitative estimate of drug-likeness (QED) is 0.396. The number of rotatable bonds is 9. The lowest BCUT2D eigenvalue weighted by Gasteiger charge is -2.40. The van der Waals surface area contributed by atoms with Crippen molar-refractivity contribution in [3.63, 3.8) is 0 Å². The molecule has 1 aliphatic heterocycles. The van der Waals surface area contributed by atoms with Crippen LogP contribution in [0.15, 0.2) is 0 Å². The lowest BCUT2D eigenvalue weighted by atomic mass is 9.98. The molecule has 20 heavy (non-hydrogen) atoms. The zero-order valence-electron chi connectivity index (χ0n) is 14.3. The van der Waals surface area contributed by atoms with E-state index in [0.29, 0.717) is 6.61 Å². The van der Waals surface area contributed by atoms with Crippen molar-refractivity contribution < 1.29 is 14.3 Å². The van der Waals surface area contributed by atoms with Gasteiger partial charge in [0.1, 0.15) is 5.60 Å². The van der Waals surface area contributed by atoms with Gasteiger partial charge in [0.05, 0.1) is 19.3 Å². The van der Waals surface area contributed by atoms with Gasteiger partial charge >= 0.3 is 0 Å². The molecule has 1 saturated heterocycles. The third-order valence-electron chi connectivity index (χ3n) is 4.93. The zero-order chi connectivity index (χ0) is 15.4. The third kappa shape index (κ3) is 4.55. The molecular weight excluding hydrogens is 268 g/mol. The van der Waals surface area contributed by atoms with Gasteiger partial charge in [-0.15, -0.1) is 0 Å². The van der Waals surface area contributed by atoms with Crippen molar-refractivity contribution >= 4 is 8.32 Å².